The predicted molar refractivity (Wildman–Crippen MR) is 52.4 cm³/mol. The van der Waals surface area contributed by atoms with Gasteiger partial charge in [-0.25, -0.2) is 0 Å². The molecule has 0 atom stereocenters. The van der Waals surface area contributed by atoms with E-state index >= 15 is 0 Å². The van der Waals surface area contributed by atoms with Crippen LogP contribution in [0.2, 0.25) is 0 Å². The van der Waals surface area contributed by atoms with Crippen molar-refractivity contribution in [1.29, 1.82) is 0 Å². The van der Waals surface area contributed by atoms with Gasteiger partial charge in [-0.05, 0) is 37.1 Å². The van der Waals surface area contributed by atoms with Crippen LogP contribution in [0.3, 0.4) is 0 Å². The first-order chi connectivity index (χ1) is 7.08. The SMILES string of the molecule is Cc1cc(C)cc(OCOCC(=O)[O-])c1.[Na+]. The van der Waals surface area contributed by atoms with Gasteiger partial charge in [0.25, 0.3) is 0 Å². The van der Waals surface area contributed by atoms with Crippen LogP contribution in [0.5, 0.6) is 5.75 Å². The fraction of sp³-hybridized carbons (Fsp3) is 0.364. The molecule has 0 radical (unpaired) electrons. The van der Waals surface area contributed by atoms with Gasteiger partial charge in [0.15, 0.2) is 6.79 Å². The van der Waals surface area contributed by atoms with Crippen LogP contribution in [-0.4, -0.2) is 19.4 Å². The number of benzene rings is 1. The molecular weight excluding hydrogens is 219 g/mol. The van der Waals surface area contributed by atoms with Crippen LogP contribution in [0.25, 0.3) is 0 Å². The Morgan fingerprint density at radius 1 is 1.25 bits per heavy atom. The van der Waals surface area contributed by atoms with Gasteiger partial charge in [-0.15, -0.1) is 0 Å². The summed E-state index contributed by atoms with van der Waals surface area (Å²) >= 11 is 0. The van der Waals surface area contributed by atoms with E-state index < -0.39 is 12.6 Å². The molecule has 16 heavy (non-hydrogen) atoms. The average molecular weight is 232 g/mol. The summed E-state index contributed by atoms with van der Waals surface area (Å²) < 4.78 is 9.90. The predicted octanol–water partition coefficient (Wildman–Crippen LogP) is -2.59. The maximum atomic E-state index is 10.0. The average Bonchev–Trinajstić information content (AvgIpc) is 2.10. The molecule has 82 valence electrons. The second kappa shape index (κ2) is 7.68. The number of aryl methyl sites for hydroxylation is 2. The molecule has 0 bridgehead atoms. The van der Waals surface area contributed by atoms with Crippen molar-refractivity contribution in [2.75, 3.05) is 13.4 Å². The molecule has 0 aromatic heterocycles. The van der Waals surface area contributed by atoms with E-state index in [1.165, 1.54) is 0 Å². The molecule has 0 amide bonds. The van der Waals surface area contributed by atoms with Crippen molar-refractivity contribution < 1.29 is 48.9 Å². The maximum Gasteiger partial charge on any atom is 1.00 e. The Kier molecular flexibility index (Phi) is 7.42. The van der Waals surface area contributed by atoms with Crippen molar-refractivity contribution in [1.82, 2.24) is 0 Å². The summed E-state index contributed by atoms with van der Waals surface area (Å²) in [5.74, 6) is -0.579. The normalized spacial score (nSPS) is 9.38. The molecule has 0 aliphatic rings. The Labute approximate surface area is 117 Å². The Morgan fingerprint density at radius 3 is 2.31 bits per heavy atom. The first kappa shape index (κ1) is 15.4. The Balaban J connectivity index is 0.00000225. The molecule has 0 aliphatic carbocycles. The third kappa shape index (κ3) is 6.12. The zero-order valence-electron chi connectivity index (χ0n) is 9.78. The first-order valence-corrected chi connectivity index (χ1v) is 4.56. The van der Waals surface area contributed by atoms with Crippen molar-refractivity contribution in [2.45, 2.75) is 13.8 Å². The van der Waals surface area contributed by atoms with Gasteiger partial charge in [-0.1, -0.05) is 6.07 Å². The summed E-state index contributed by atoms with van der Waals surface area (Å²) in [7, 11) is 0. The van der Waals surface area contributed by atoms with Crippen LogP contribution in [0, 0.1) is 13.8 Å². The molecule has 0 heterocycles. The molecule has 0 spiro atoms. The maximum absolute atomic E-state index is 10.0. The van der Waals surface area contributed by atoms with Crippen LogP contribution >= 0.6 is 0 Å². The quantitative estimate of drug-likeness (QED) is 0.317. The van der Waals surface area contributed by atoms with E-state index in [0.717, 1.165) is 11.1 Å². The minimum absolute atomic E-state index is 0. The molecule has 0 saturated carbocycles. The number of carboxylic acids is 1. The molecular formula is C11H13NaO4. The van der Waals surface area contributed by atoms with Crippen LogP contribution in [0.4, 0.5) is 0 Å². The number of aliphatic carboxylic acids is 1. The van der Waals surface area contributed by atoms with Gasteiger partial charge < -0.3 is 19.4 Å². The zero-order chi connectivity index (χ0) is 11.3. The van der Waals surface area contributed by atoms with Crippen LogP contribution in [-0.2, 0) is 9.53 Å². The van der Waals surface area contributed by atoms with E-state index in [9.17, 15) is 9.90 Å². The zero-order valence-corrected chi connectivity index (χ0v) is 11.8. The second-order valence-electron chi connectivity index (χ2n) is 3.31. The van der Waals surface area contributed by atoms with Crippen molar-refractivity contribution in [3.8, 4) is 5.75 Å². The third-order valence-corrected chi connectivity index (χ3v) is 1.72. The summed E-state index contributed by atoms with van der Waals surface area (Å²) in [5.41, 5.74) is 2.18. The Bertz CT molecular complexity index is 332. The van der Waals surface area contributed by atoms with Gasteiger partial charge in [0, 0.05) is 0 Å². The summed E-state index contributed by atoms with van der Waals surface area (Å²) in [6, 6.07) is 5.74. The molecule has 0 saturated heterocycles. The summed E-state index contributed by atoms with van der Waals surface area (Å²) in [5, 5.41) is 10.0. The standard InChI is InChI=1S/C11H14O4.Na/c1-8-3-9(2)5-10(4-8)15-7-14-6-11(12)13;/h3-5H,6-7H2,1-2H3,(H,12,13);/q;+1/p-1. The summed E-state index contributed by atoms with van der Waals surface area (Å²) in [6.07, 6.45) is 0. The number of hydrogen-bond acceptors (Lipinski definition) is 4. The number of hydrogen-bond donors (Lipinski definition) is 0. The number of ether oxygens (including phenoxy) is 2. The molecule has 1 aromatic carbocycles. The number of rotatable bonds is 5. The Hall–Kier alpha value is -0.550. The number of carboxylic acid groups (broad SMARTS) is 1. The fourth-order valence-corrected chi connectivity index (χ4v) is 1.25. The van der Waals surface area contributed by atoms with Crippen LogP contribution in [0.15, 0.2) is 18.2 Å². The first-order valence-electron chi connectivity index (χ1n) is 4.56. The van der Waals surface area contributed by atoms with Gasteiger partial charge in [0.2, 0.25) is 0 Å². The summed E-state index contributed by atoms with van der Waals surface area (Å²) in [4.78, 5) is 10.0. The topological polar surface area (TPSA) is 58.6 Å². The van der Waals surface area contributed by atoms with Crippen molar-refractivity contribution in [3.05, 3.63) is 29.3 Å². The van der Waals surface area contributed by atoms with Gasteiger partial charge >= 0.3 is 29.6 Å². The molecule has 0 fully saturated rings. The van der Waals surface area contributed by atoms with E-state index in [2.05, 4.69) is 0 Å². The van der Waals surface area contributed by atoms with E-state index in [0.29, 0.717) is 5.75 Å². The molecule has 4 nitrogen and oxygen atoms in total. The minimum Gasteiger partial charge on any atom is -0.548 e. The monoisotopic (exact) mass is 232 g/mol. The van der Waals surface area contributed by atoms with E-state index in [1.807, 2.05) is 32.0 Å². The molecule has 5 heteroatoms. The molecule has 1 aromatic rings. The van der Waals surface area contributed by atoms with Gasteiger partial charge in [-0.2, -0.15) is 0 Å². The van der Waals surface area contributed by atoms with Gasteiger partial charge in [0.05, 0.1) is 12.6 Å². The van der Waals surface area contributed by atoms with E-state index in [1.54, 1.807) is 0 Å². The molecule has 0 aliphatic heterocycles. The van der Waals surface area contributed by atoms with Crippen molar-refractivity contribution in [2.24, 2.45) is 0 Å². The molecule has 1 rings (SSSR count). The second-order valence-corrected chi connectivity index (χ2v) is 3.31. The van der Waals surface area contributed by atoms with Gasteiger partial charge in [0.1, 0.15) is 5.75 Å². The van der Waals surface area contributed by atoms with Crippen LogP contribution in [0.1, 0.15) is 11.1 Å². The largest absolute Gasteiger partial charge is 1.00 e. The van der Waals surface area contributed by atoms with Crippen LogP contribution < -0.4 is 39.4 Å². The van der Waals surface area contributed by atoms with Crippen molar-refractivity contribution >= 4 is 5.97 Å². The van der Waals surface area contributed by atoms with Gasteiger partial charge in [-0.3, -0.25) is 0 Å². The number of carbonyl (C=O) groups excluding carboxylic acids is 1. The minimum atomic E-state index is -1.25. The van der Waals surface area contributed by atoms with Crippen molar-refractivity contribution in [3.63, 3.8) is 0 Å². The molecule has 0 unspecified atom stereocenters. The number of carbonyl (C=O) groups is 1. The molecule has 0 N–H and O–H groups in total. The summed E-state index contributed by atoms with van der Waals surface area (Å²) in [6.45, 7) is 3.38. The van der Waals surface area contributed by atoms with E-state index in [-0.39, 0.29) is 36.4 Å². The fourth-order valence-electron chi connectivity index (χ4n) is 1.25. The van der Waals surface area contributed by atoms with E-state index in [4.69, 9.17) is 9.47 Å². The third-order valence-electron chi connectivity index (χ3n) is 1.72. The smallest absolute Gasteiger partial charge is 0.548 e. The Morgan fingerprint density at radius 2 is 1.81 bits per heavy atom.